The van der Waals surface area contributed by atoms with Gasteiger partial charge >= 0.3 is 5.97 Å². The Morgan fingerprint density at radius 3 is 2.32 bits per heavy atom. The standard InChI is InChI=1S/C14H21NO3.ClH/c1-4-17-14(16)13(15)9-11-5-7-12(8-6-11)18-10(2)3;/h5-8,10,13H,4,9,15H2,1-3H3;1H. The predicted octanol–water partition coefficient (Wildman–Crippen LogP) is 2.33. The van der Waals surface area contributed by atoms with E-state index in [1.807, 2.05) is 38.1 Å². The monoisotopic (exact) mass is 287 g/mol. The zero-order chi connectivity index (χ0) is 13.5. The summed E-state index contributed by atoms with van der Waals surface area (Å²) in [5.74, 6) is 0.457. The number of hydrogen-bond donors (Lipinski definition) is 1. The maximum atomic E-state index is 11.4. The number of rotatable bonds is 6. The molecule has 0 bridgehead atoms. The van der Waals surface area contributed by atoms with Gasteiger partial charge in [0.05, 0.1) is 12.7 Å². The van der Waals surface area contributed by atoms with Crippen LogP contribution in [0.1, 0.15) is 26.3 Å². The fourth-order valence-electron chi connectivity index (χ4n) is 1.56. The van der Waals surface area contributed by atoms with Gasteiger partial charge in [-0.05, 0) is 44.9 Å². The van der Waals surface area contributed by atoms with E-state index in [9.17, 15) is 4.79 Å². The van der Waals surface area contributed by atoms with E-state index < -0.39 is 6.04 Å². The number of carbonyl (C=O) groups excluding carboxylic acids is 1. The van der Waals surface area contributed by atoms with Crippen molar-refractivity contribution < 1.29 is 14.3 Å². The molecule has 1 aromatic rings. The van der Waals surface area contributed by atoms with Crippen LogP contribution in [0, 0.1) is 0 Å². The molecule has 0 amide bonds. The van der Waals surface area contributed by atoms with E-state index in [0.717, 1.165) is 11.3 Å². The van der Waals surface area contributed by atoms with Crippen molar-refractivity contribution in [1.82, 2.24) is 0 Å². The highest BCUT2D eigenvalue weighted by Gasteiger charge is 2.14. The molecule has 1 atom stereocenters. The normalized spacial score (nSPS) is 11.6. The second-order valence-corrected chi connectivity index (χ2v) is 4.37. The first kappa shape index (κ1) is 17.7. The van der Waals surface area contributed by atoms with Gasteiger partial charge in [-0.1, -0.05) is 12.1 Å². The van der Waals surface area contributed by atoms with Gasteiger partial charge in [0.25, 0.3) is 0 Å². The molecule has 4 nitrogen and oxygen atoms in total. The molecule has 108 valence electrons. The average molecular weight is 288 g/mol. The molecule has 0 heterocycles. The van der Waals surface area contributed by atoms with E-state index in [-0.39, 0.29) is 24.5 Å². The van der Waals surface area contributed by atoms with E-state index in [0.29, 0.717) is 13.0 Å². The van der Waals surface area contributed by atoms with Crippen LogP contribution in [0.4, 0.5) is 0 Å². The zero-order valence-electron chi connectivity index (χ0n) is 11.6. The quantitative estimate of drug-likeness (QED) is 0.816. The minimum atomic E-state index is -0.609. The Morgan fingerprint density at radius 1 is 1.26 bits per heavy atom. The van der Waals surface area contributed by atoms with E-state index in [1.54, 1.807) is 6.92 Å². The number of halogens is 1. The molecule has 5 heteroatoms. The molecule has 0 fully saturated rings. The van der Waals surface area contributed by atoms with Crippen molar-refractivity contribution in [2.75, 3.05) is 6.61 Å². The molecular formula is C14H22ClNO3. The van der Waals surface area contributed by atoms with E-state index in [1.165, 1.54) is 0 Å². The first-order valence-corrected chi connectivity index (χ1v) is 6.20. The number of hydrogen-bond acceptors (Lipinski definition) is 4. The van der Waals surface area contributed by atoms with Gasteiger partial charge in [0.1, 0.15) is 11.8 Å². The van der Waals surface area contributed by atoms with Gasteiger partial charge in [-0.3, -0.25) is 4.79 Å². The van der Waals surface area contributed by atoms with Gasteiger partial charge in [-0.15, -0.1) is 12.4 Å². The highest BCUT2D eigenvalue weighted by Crippen LogP contribution is 2.14. The first-order valence-electron chi connectivity index (χ1n) is 6.20. The predicted molar refractivity (Wildman–Crippen MR) is 77.8 cm³/mol. The van der Waals surface area contributed by atoms with Crippen molar-refractivity contribution in [3.63, 3.8) is 0 Å². The largest absolute Gasteiger partial charge is 0.491 e. The van der Waals surface area contributed by atoms with Crippen molar-refractivity contribution in [2.45, 2.75) is 39.3 Å². The number of esters is 1. The Morgan fingerprint density at radius 2 is 1.84 bits per heavy atom. The average Bonchev–Trinajstić information content (AvgIpc) is 2.31. The van der Waals surface area contributed by atoms with Crippen LogP contribution in [0.3, 0.4) is 0 Å². The Hall–Kier alpha value is -1.26. The maximum absolute atomic E-state index is 11.4. The molecule has 0 aliphatic heterocycles. The number of carbonyl (C=O) groups is 1. The fraction of sp³-hybridized carbons (Fsp3) is 0.500. The van der Waals surface area contributed by atoms with Crippen LogP contribution in [0.2, 0.25) is 0 Å². The van der Waals surface area contributed by atoms with E-state index >= 15 is 0 Å². The van der Waals surface area contributed by atoms with Crippen LogP contribution in [-0.4, -0.2) is 24.7 Å². The lowest BCUT2D eigenvalue weighted by molar-refractivity contribution is -0.144. The third-order valence-electron chi connectivity index (χ3n) is 2.34. The minimum Gasteiger partial charge on any atom is -0.491 e. The molecule has 0 aromatic heterocycles. The summed E-state index contributed by atoms with van der Waals surface area (Å²) in [6, 6.07) is 6.98. The van der Waals surface area contributed by atoms with Gasteiger partial charge in [0, 0.05) is 0 Å². The van der Waals surface area contributed by atoms with Gasteiger partial charge in [-0.25, -0.2) is 0 Å². The lowest BCUT2D eigenvalue weighted by Crippen LogP contribution is -2.34. The Kier molecular flexibility index (Phi) is 8.19. The summed E-state index contributed by atoms with van der Waals surface area (Å²) in [7, 11) is 0. The lowest BCUT2D eigenvalue weighted by atomic mass is 10.1. The molecule has 0 saturated carbocycles. The van der Waals surface area contributed by atoms with E-state index in [4.69, 9.17) is 15.2 Å². The zero-order valence-corrected chi connectivity index (χ0v) is 12.4. The van der Waals surface area contributed by atoms with Crippen LogP contribution in [0.25, 0.3) is 0 Å². The molecule has 1 rings (SSSR count). The van der Waals surface area contributed by atoms with Crippen LogP contribution >= 0.6 is 12.4 Å². The summed E-state index contributed by atoms with van der Waals surface area (Å²) in [6.45, 7) is 6.07. The molecule has 0 saturated heterocycles. The van der Waals surface area contributed by atoms with Crippen LogP contribution in [0.15, 0.2) is 24.3 Å². The van der Waals surface area contributed by atoms with Crippen molar-refractivity contribution >= 4 is 18.4 Å². The van der Waals surface area contributed by atoms with E-state index in [2.05, 4.69) is 0 Å². The Bertz CT molecular complexity index is 379. The Labute approximate surface area is 120 Å². The molecule has 0 radical (unpaired) electrons. The second-order valence-electron chi connectivity index (χ2n) is 4.37. The van der Waals surface area contributed by atoms with Crippen molar-refractivity contribution in [1.29, 1.82) is 0 Å². The molecule has 0 aliphatic rings. The topological polar surface area (TPSA) is 61.5 Å². The van der Waals surface area contributed by atoms with Crippen molar-refractivity contribution in [3.05, 3.63) is 29.8 Å². The van der Waals surface area contributed by atoms with Crippen molar-refractivity contribution in [3.8, 4) is 5.75 Å². The first-order chi connectivity index (χ1) is 8.52. The van der Waals surface area contributed by atoms with Crippen LogP contribution < -0.4 is 10.5 Å². The summed E-state index contributed by atoms with van der Waals surface area (Å²) >= 11 is 0. The summed E-state index contributed by atoms with van der Waals surface area (Å²) in [5.41, 5.74) is 6.74. The maximum Gasteiger partial charge on any atom is 0.323 e. The highest BCUT2D eigenvalue weighted by molar-refractivity contribution is 5.85. The lowest BCUT2D eigenvalue weighted by Gasteiger charge is -2.12. The SMILES string of the molecule is CCOC(=O)C(N)Cc1ccc(OC(C)C)cc1.Cl. The molecular weight excluding hydrogens is 266 g/mol. The molecule has 0 aliphatic carbocycles. The summed E-state index contributed by atoms with van der Waals surface area (Å²) < 4.78 is 10.4. The van der Waals surface area contributed by atoms with Gasteiger partial charge in [0.15, 0.2) is 0 Å². The summed E-state index contributed by atoms with van der Waals surface area (Å²) in [4.78, 5) is 11.4. The third kappa shape index (κ3) is 6.45. The third-order valence-corrected chi connectivity index (χ3v) is 2.34. The molecule has 0 spiro atoms. The minimum absolute atomic E-state index is 0. The molecule has 2 N–H and O–H groups in total. The molecule has 19 heavy (non-hydrogen) atoms. The second kappa shape index (κ2) is 8.77. The summed E-state index contributed by atoms with van der Waals surface area (Å²) in [6.07, 6.45) is 0.624. The molecule has 1 unspecified atom stereocenters. The van der Waals surface area contributed by atoms with Gasteiger partial charge in [0.2, 0.25) is 0 Å². The number of benzene rings is 1. The number of nitrogens with two attached hydrogens (primary N) is 1. The Balaban J connectivity index is 0.00000324. The smallest absolute Gasteiger partial charge is 0.323 e. The van der Waals surface area contributed by atoms with Crippen LogP contribution in [-0.2, 0) is 16.0 Å². The van der Waals surface area contributed by atoms with Crippen molar-refractivity contribution in [2.24, 2.45) is 5.73 Å². The van der Waals surface area contributed by atoms with Crippen LogP contribution in [0.5, 0.6) is 5.75 Å². The van der Waals surface area contributed by atoms with Gasteiger partial charge in [-0.2, -0.15) is 0 Å². The molecule has 1 aromatic carbocycles. The number of ether oxygens (including phenoxy) is 2. The van der Waals surface area contributed by atoms with Gasteiger partial charge < -0.3 is 15.2 Å². The summed E-state index contributed by atoms with van der Waals surface area (Å²) in [5, 5.41) is 0. The highest BCUT2D eigenvalue weighted by atomic mass is 35.5. The fourth-order valence-corrected chi connectivity index (χ4v) is 1.56.